The molecule has 2 heterocycles. The van der Waals surface area contributed by atoms with Crippen molar-refractivity contribution in [2.24, 2.45) is 5.92 Å². The van der Waals surface area contributed by atoms with Gasteiger partial charge in [0.25, 0.3) is 0 Å². The van der Waals surface area contributed by atoms with Gasteiger partial charge in [0, 0.05) is 18.7 Å². The summed E-state index contributed by atoms with van der Waals surface area (Å²) in [5.41, 5.74) is 0.671. The number of methoxy groups -OCH3 is 1. The van der Waals surface area contributed by atoms with Gasteiger partial charge >= 0.3 is 12.0 Å². The number of nitrogens with one attached hydrogen (secondary N) is 1. The van der Waals surface area contributed by atoms with E-state index in [1.165, 1.54) is 30.4 Å². The van der Waals surface area contributed by atoms with Crippen LogP contribution in [0.15, 0.2) is 41.0 Å². The molecule has 2 aromatic rings. The molecule has 1 atom stereocenters. The number of likely N-dealkylation sites (tertiary alicyclic amines) is 1. The number of esters is 1. The molecule has 132 valence electrons. The van der Waals surface area contributed by atoms with Gasteiger partial charge < -0.3 is 19.4 Å². The number of amides is 2. The van der Waals surface area contributed by atoms with E-state index in [2.05, 4.69) is 5.32 Å². The summed E-state index contributed by atoms with van der Waals surface area (Å²) in [7, 11) is 1.33. The second-order valence-electron chi connectivity index (χ2n) is 5.91. The number of hydrogen-bond donors (Lipinski definition) is 1. The summed E-state index contributed by atoms with van der Waals surface area (Å²) in [5.74, 6) is -0.667. The number of nitrogens with zero attached hydrogens (tertiary/aromatic N) is 1. The third kappa shape index (κ3) is 3.81. The molecule has 0 radical (unpaired) electrons. The Morgan fingerprint density at radius 2 is 2.20 bits per heavy atom. The second kappa shape index (κ2) is 7.38. The molecule has 7 heteroatoms. The zero-order chi connectivity index (χ0) is 17.8. The normalized spacial score (nSPS) is 17.2. The SMILES string of the molecule is COC(=O)C1CCCN(C(=O)Nc2ccc(-c3ccco3)cc2F)C1. The molecular formula is C18H19FN2O4. The highest BCUT2D eigenvalue weighted by molar-refractivity contribution is 5.90. The molecule has 1 fully saturated rings. The average Bonchev–Trinajstić information content (AvgIpc) is 3.17. The molecule has 2 amide bonds. The molecule has 1 aromatic heterocycles. The zero-order valence-electron chi connectivity index (χ0n) is 13.8. The summed E-state index contributed by atoms with van der Waals surface area (Å²) in [4.78, 5) is 25.5. The number of ether oxygens (including phenoxy) is 1. The van der Waals surface area contributed by atoms with E-state index in [9.17, 15) is 14.0 Å². The van der Waals surface area contributed by atoms with E-state index in [-0.39, 0.29) is 24.1 Å². The van der Waals surface area contributed by atoms with Crippen molar-refractivity contribution in [3.8, 4) is 11.3 Å². The van der Waals surface area contributed by atoms with Crippen LogP contribution >= 0.6 is 0 Å². The van der Waals surface area contributed by atoms with Crippen molar-refractivity contribution in [1.29, 1.82) is 0 Å². The van der Waals surface area contributed by atoms with Crippen molar-refractivity contribution in [1.82, 2.24) is 4.90 Å². The van der Waals surface area contributed by atoms with Crippen molar-refractivity contribution in [3.05, 3.63) is 42.4 Å². The van der Waals surface area contributed by atoms with E-state index < -0.39 is 11.8 Å². The van der Waals surface area contributed by atoms with Crippen molar-refractivity contribution >= 4 is 17.7 Å². The maximum absolute atomic E-state index is 14.3. The fourth-order valence-corrected chi connectivity index (χ4v) is 2.93. The molecule has 25 heavy (non-hydrogen) atoms. The molecular weight excluding hydrogens is 327 g/mol. The lowest BCUT2D eigenvalue weighted by molar-refractivity contribution is -0.146. The maximum Gasteiger partial charge on any atom is 0.321 e. The third-order valence-electron chi connectivity index (χ3n) is 4.26. The first-order chi connectivity index (χ1) is 12.1. The van der Waals surface area contributed by atoms with E-state index in [0.29, 0.717) is 30.7 Å². The Hall–Kier alpha value is -2.83. The maximum atomic E-state index is 14.3. The van der Waals surface area contributed by atoms with Crippen LogP contribution in [0.4, 0.5) is 14.9 Å². The minimum Gasteiger partial charge on any atom is -0.469 e. The number of hydrogen-bond acceptors (Lipinski definition) is 4. The molecule has 1 aliphatic rings. The van der Waals surface area contributed by atoms with Crippen molar-refractivity contribution in [2.75, 3.05) is 25.5 Å². The number of rotatable bonds is 3. The quantitative estimate of drug-likeness (QED) is 0.864. The molecule has 0 saturated carbocycles. The van der Waals surface area contributed by atoms with Gasteiger partial charge in [-0.15, -0.1) is 0 Å². The van der Waals surface area contributed by atoms with E-state index in [4.69, 9.17) is 9.15 Å². The number of carbonyl (C=O) groups excluding carboxylic acids is 2. The summed E-state index contributed by atoms with van der Waals surface area (Å²) in [5, 5.41) is 2.56. The molecule has 6 nitrogen and oxygen atoms in total. The standard InChI is InChI=1S/C18H19FN2O4/c1-24-17(22)13-4-2-8-21(11-13)18(23)20-15-7-6-12(10-14(15)19)16-5-3-9-25-16/h3,5-7,9-10,13H,2,4,8,11H2,1H3,(H,20,23). The second-order valence-corrected chi connectivity index (χ2v) is 5.91. The molecule has 0 spiro atoms. The van der Waals surface area contributed by atoms with Crippen LogP contribution in [0.2, 0.25) is 0 Å². The summed E-state index contributed by atoms with van der Waals surface area (Å²) < 4.78 is 24.2. The Labute approximate surface area is 144 Å². The van der Waals surface area contributed by atoms with E-state index >= 15 is 0 Å². The van der Waals surface area contributed by atoms with Crippen LogP contribution in [0.1, 0.15) is 12.8 Å². The van der Waals surface area contributed by atoms with Crippen LogP contribution in [0.25, 0.3) is 11.3 Å². The van der Waals surface area contributed by atoms with Crippen molar-refractivity contribution < 1.29 is 23.1 Å². The number of benzene rings is 1. The minimum atomic E-state index is -0.552. The van der Waals surface area contributed by atoms with Gasteiger partial charge in [0.05, 0.1) is 25.0 Å². The highest BCUT2D eigenvalue weighted by atomic mass is 19.1. The highest BCUT2D eigenvalue weighted by Crippen LogP contribution is 2.25. The number of furan rings is 1. The largest absolute Gasteiger partial charge is 0.469 e. The van der Waals surface area contributed by atoms with E-state index in [1.54, 1.807) is 18.2 Å². The lowest BCUT2D eigenvalue weighted by atomic mass is 9.98. The molecule has 0 bridgehead atoms. The predicted molar refractivity (Wildman–Crippen MR) is 89.4 cm³/mol. The third-order valence-corrected chi connectivity index (χ3v) is 4.26. The van der Waals surface area contributed by atoms with Crippen LogP contribution in [-0.4, -0.2) is 37.1 Å². The fourth-order valence-electron chi connectivity index (χ4n) is 2.93. The monoisotopic (exact) mass is 346 g/mol. The first-order valence-corrected chi connectivity index (χ1v) is 8.05. The van der Waals surface area contributed by atoms with Crippen molar-refractivity contribution in [3.63, 3.8) is 0 Å². The Morgan fingerprint density at radius 3 is 2.88 bits per heavy atom. The van der Waals surface area contributed by atoms with Gasteiger partial charge in [-0.25, -0.2) is 9.18 Å². The zero-order valence-corrected chi connectivity index (χ0v) is 13.8. The first kappa shape index (κ1) is 17.0. The van der Waals surface area contributed by atoms with Gasteiger partial charge in [-0.05, 0) is 43.2 Å². The average molecular weight is 346 g/mol. The Morgan fingerprint density at radius 1 is 1.36 bits per heavy atom. The Balaban J connectivity index is 1.67. The van der Waals surface area contributed by atoms with Crippen LogP contribution in [0, 0.1) is 11.7 Å². The van der Waals surface area contributed by atoms with Gasteiger partial charge in [-0.1, -0.05) is 0 Å². The number of carbonyl (C=O) groups is 2. The van der Waals surface area contributed by atoms with Crippen molar-refractivity contribution in [2.45, 2.75) is 12.8 Å². The van der Waals surface area contributed by atoms with Crippen LogP contribution < -0.4 is 5.32 Å². The molecule has 1 aromatic carbocycles. The van der Waals surface area contributed by atoms with Crippen LogP contribution in [-0.2, 0) is 9.53 Å². The number of piperidine rings is 1. The summed E-state index contributed by atoms with van der Waals surface area (Å²) >= 11 is 0. The van der Waals surface area contributed by atoms with Crippen LogP contribution in [0.5, 0.6) is 0 Å². The fraction of sp³-hybridized carbons (Fsp3) is 0.333. The minimum absolute atomic E-state index is 0.0838. The van der Waals surface area contributed by atoms with Gasteiger partial charge in [0.15, 0.2) is 0 Å². The van der Waals surface area contributed by atoms with E-state index in [0.717, 1.165) is 0 Å². The topological polar surface area (TPSA) is 71.8 Å². The van der Waals surface area contributed by atoms with Crippen LogP contribution in [0.3, 0.4) is 0 Å². The molecule has 1 aliphatic heterocycles. The smallest absolute Gasteiger partial charge is 0.321 e. The lowest BCUT2D eigenvalue weighted by Crippen LogP contribution is -2.44. The molecule has 1 saturated heterocycles. The lowest BCUT2D eigenvalue weighted by Gasteiger charge is -2.31. The summed E-state index contributed by atoms with van der Waals surface area (Å²) in [6, 6.07) is 7.49. The summed E-state index contributed by atoms with van der Waals surface area (Å²) in [6.07, 6.45) is 2.90. The Bertz CT molecular complexity index is 760. The van der Waals surface area contributed by atoms with Gasteiger partial charge in [-0.3, -0.25) is 4.79 Å². The van der Waals surface area contributed by atoms with Gasteiger partial charge in [0.2, 0.25) is 0 Å². The van der Waals surface area contributed by atoms with Gasteiger partial charge in [0.1, 0.15) is 11.6 Å². The summed E-state index contributed by atoms with van der Waals surface area (Å²) in [6.45, 7) is 0.788. The molecule has 3 rings (SSSR count). The first-order valence-electron chi connectivity index (χ1n) is 8.05. The number of halogens is 1. The molecule has 1 unspecified atom stereocenters. The Kier molecular flexibility index (Phi) is 5.02. The number of anilines is 1. The molecule has 1 N–H and O–H groups in total. The number of urea groups is 1. The van der Waals surface area contributed by atoms with Gasteiger partial charge in [-0.2, -0.15) is 0 Å². The van der Waals surface area contributed by atoms with E-state index in [1.807, 2.05) is 0 Å². The highest BCUT2D eigenvalue weighted by Gasteiger charge is 2.29. The molecule has 0 aliphatic carbocycles. The predicted octanol–water partition coefficient (Wildman–Crippen LogP) is 3.50.